The molecule has 0 aliphatic rings. The van der Waals surface area contributed by atoms with Crippen LogP contribution in [0.1, 0.15) is 0 Å². The van der Waals surface area contributed by atoms with E-state index in [1.54, 1.807) is 0 Å². The van der Waals surface area contributed by atoms with Gasteiger partial charge in [0.2, 0.25) is 0 Å². The van der Waals surface area contributed by atoms with E-state index in [2.05, 4.69) is 6.58 Å². The Balaban J connectivity index is 4.16. The van der Waals surface area contributed by atoms with Crippen molar-refractivity contribution in [3.05, 3.63) is 12.7 Å². The normalized spacial score (nSPS) is 20.2. The highest BCUT2D eigenvalue weighted by Crippen LogP contribution is 1.97. The minimum atomic E-state index is -2.61. The summed E-state index contributed by atoms with van der Waals surface area (Å²) in [6.07, 6.45) is 0.840. The fraction of sp³-hybridized carbons (Fsp3) is 0.333. The summed E-state index contributed by atoms with van der Waals surface area (Å²) in [5.41, 5.74) is 0. The van der Waals surface area contributed by atoms with Gasteiger partial charge in [0, 0.05) is 0 Å². The van der Waals surface area contributed by atoms with Crippen molar-refractivity contribution < 1.29 is 17.5 Å². The Kier molecular flexibility index (Phi) is 3.87. The summed E-state index contributed by atoms with van der Waals surface area (Å²) in [4.78, 5) is 0. The first kappa shape index (κ1) is 8.96. The average Bonchev–Trinajstić information content (AvgIpc) is 1.64. The van der Waals surface area contributed by atoms with Gasteiger partial charge in [-0.25, -0.2) is 0 Å². The van der Waals surface area contributed by atoms with Crippen molar-refractivity contribution in [3.63, 3.8) is 0 Å². The van der Waals surface area contributed by atoms with Crippen LogP contribution in [0.4, 0.5) is 0 Å². The highest BCUT2D eigenvalue weighted by molar-refractivity contribution is 7.97. The molecule has 0 radical (unpaired) electrons. The van der Waals surface area contributed by atoms with Gasteiger partial charge in [-0.1, -0.05) is 6.08 Å². The second-order valence-corrected chi connectivity index (χ2v) is 3.48. The zero-order valence-electron chi connectivity index (χ0n) is 4.31. The predicted octanol–water partition coefficient (Wildman–Crippen LogP) is -0.743. The van der Waals surface area contributed by atoms with Gasteiger partial charge in [0.1, 0.15) is 4.58 Å². The summed E-state index contributed by atoms with van der Waals surface area (Å²) in [7, 11) is 0. The second kappa shape index (κ2) is 3.89. The molecule has 0 aromatic heterocycles. The molecule has 2 unspecified atom stereocenters. The topological polar surface area (TPSA) is 80.3 Å². The first-order valence-electron chi connectivity index (χ1n) is 1.88. The predicted molar refractivity (Wildman–Crippen MR) is 31.8 cm³/mol. The Bertz CT molecular complexity index is 140. The molecule has 54 valence electrons. The number of rotatable bonds is 3. The Morgan fingerprint density at radius 1 is 1.33 bits per heavy atom. The van der Waals surface area contributed by atoms with Crippen LogP contribution in [0, 0.1) is 0 Å². The number of hydrogen-bond donors (Lipinski definition) is 0. The minimum absolute atomic E-state index is 0.840. The highest BCUT2D eigenvalue weighted by Gasteiger charge is 2.01. The molecule has 0 fully saturated rings. The van der Waals surface area contributed by atoms with Gasteiger partial charge >= 0.3 is 0 Å². The van der Waals surface area contributed by atoms with Crippen LogP contribution in [0.2, 0.25) is 0 Å². The fourth-order valence-electron chi connectivity index (χ4n) is 0.221. The van der Waals surface area contributed by atoms with Gasteiger partial charge < -0.3 is 9.11 Å². The first-order chi connectivity index (χ1) is 4.09. The smallest absolute Gasteiger partial charge is 0.101 e. The van der Waals surface area contributed by atoms with Gasteiger partial charge in [0.15, 0.2) is 0 Å². The lowest BCUT2D eigenvalue weighted by Gasteiger charge is -2.17. The lowest BCUT2D eigenvalue weighted by Crippen LogP contribution is -2.17. The van der Waals surface area contributed by atoms with Crippen LogP contribution in [-0.4, -0.2) is 22.1 Å². The van der Waals surface area contributed by atoms with E-state index in [9.17, 15) is 17.5 Å². The lowest BCUT2D eigenvalue weighted by molar-refractivity contribution is 0.520. The van der Waals surface area contributed by atoms with Gasteiger partial charge in [-0.2, -0.15) is 0 Å². The fourth-order valence-corrected chi connectivity index (χ4v) is 1.05. The Hall–Kier alpha value is -0.0400. The van der Waals surface area contributed by atoms with Crippen molar-refractivity contribution in [1.82, 2.24) is 0 Å². The third kappa shape index (κ3) is 2.85. The highest BCUT2D eigenvalue weighted by atomic mass is 32.3. The van der Waals surface area contributed by atoms with Crippen LogP contribution < -0.4 is 0 Å². The van der Waals surface area contributed by atoms with Gasteiger partial charge in [-0.3, -0.25) is 8.42 Å². The Labute approximate surface area is 57.5 Å². The quantitative estimate of drug-likeness (QED) is 0.410. The maximum absolute atomic E-state index is 9.91. The summed E-state index contributed by atoms with van der Waals surface area (Å²) in [6, 6.07) is 0. The first-order valence-corrected chi connectivity index (χ1v) is 4.16. The van der Waals surface area contributed by atoms with E-state index >= 15 is 0 Å². The zero-order chi connectivity index (χ0) is 7.44. The van der Waals surface area contributed by atoms with Gasteiger partial charge in [-0.15, -0.1) is 6.58 Å². The summed E-state index contributed by atoms with van der Waals surface area (Å²) in [5.74, 6) is 0. The van der Waals surface area contributed by atoms with E-state index in [0.29, 0.717) is 0 Å². The van der Waals surface area contributed by atoms with E-state index in [4.69, 9.17) is 0 Å². The van der Waals surface area contributed by atoms with Crippen LogP contribution in [0.25, 0.3) is 0 Å². The van der Waals surface area contributed by atoms with E-state index in [0.717, 1.165) is 6.08 Å². The molecule has 6 heteroatoms. The van der Waals surface area contributed by atoms with Crippen LogP contribution in [0.5, 0.6) is 0 Å². The summed E-state index contributed by atoms with van der Waals surface area (Å²) < 4.78 is 38.1. The molecule has 0 bridgehead atoms. The molecule has 0 aliphatic heterocycles. The molecule has 0 aromatic carbocycles. The summed E-state index contributed by atoms with van der Waals surface area (Å²) >= 11 is -5.23. The lowest BCUT2D eigenvalue weighted by atomic mass is 10.8. The van der Waals surface area contributed by atoms with E-state index < -0.39 is 26.7 Å². The molecule has 0 aromatic rings. The molecular weight excluding hydrogens is 164 g/mol. The second-order valence-electron chi connectivity index (χ2n) is 1.13. The maximum atomic E-state index is 9.91. The van der Waals surface area contributed by atoms with E-state index in [-0.39, 0.29) is 0 Å². The van der Waals surface area contributed by atoms with Gasteiger partial charge in [-0.05, 0) is 22.2 Å². The molecule has 0 saturated heterocycles. The van der Waals surface area contributed by atoms with Crippen molar-refractivity contribution in [2.24, 2.45) is 0 Å². The van der Waals surface area contributed by atoms with Crippen molar-refractivity contribution in [3.8, 4) is 0 Å². The standard InChI is InChI=1S/C3H6O4S2/c1-2-3(8(4)5)9(6)7/h2-3H,1H2,(H,4,5)(H,6,7)/p-2. The van der Waals surface area contributed by atoms with E-state index in [1.807, 2.05) is 0 Å². The SMILES string of the molecule is C=CC(S(=O)[O-])S(=O)[O-]. The van der Waals surface area contributed by atoms with Crippen LogP contribution in [0.3, 0.4) is 0 Å². The molecule has 4 nitrogen and oxygen atoms in total. The van der Waals surface area contributed by atoms with E-state index in [1.165, 1.54) is 0 Å². The molecule has 0 saturated carbocycles. The van der Waals surface area contributed by atoms with Crippen molar-refractivity contribution >= 4 is 22.2 Å². The molecular formula is C3H4O4S2-2. The maximum Gasteiger partial charge on any atom is 0.101 e. The summed E-state index contributed by atoms with van der Waals surface area (Å²) in [5, 5.41) is 0. The molecule has 0 spiro atoms. The molecule has 0 heterocycles. The van der Waals surface area contributed by atoms with Crippen LogP contribution in [-0.2, 0) is 22.2 Å². The largest absolute Gasteiger partial charge is 0.771 e. The summed E-state index contributed by atoms with van der Waals surface area (Å²) in [6.45, 7) is 3.02. The third-order valence-electron chi connectivity index (χ3n) is 0.572. The van der Waals surface area contributed by atoms with Crippen molar-refractivity contribution in [2.45, 2.75) is 4.58 Å². The molecule has 0 amide bonds. The Morgan fingerprint density at radius 3 is 1.67 bits per heavy atom. The van der Waals surface area contributed by atoms with Gasteiger partial charge in [0.05, 0.1) is 0 Å². The van der Waals surface area contributed by atoms with Crippen molar-refractivity contribution in [2.75, 3.05) is 0 Å². The molecule has 2 atom stereocenters. The molecule has 0 aliphatic carbocycles. The van der Waals surface area contributed by atoms with Gasteiger partial charge in [0.25, 0.3) is 0 Å². The molecule has 0 rings (SSSR count). The minimum Gasteiger partial charge on any atom is -0.771 e. The zero-order valence-corrected chi connectivity index (χ0v) is 5.94. The van der Waals surface area contributed by atoms with Crippen LogP contribution in [0.15, 0.2) is 12.7 Å². The molecule has 9 heavy (non-hydrogen) atoms. The monoisotopic (exact) mass is 168 g/mol. The van der Waals surface area contributed by atoms with Crippen LogP contribution >= 0.6 is 0 Å². The van der Waals surface area contributed by atoms with Crippen molar-refractivity contribution in [1.29, 1.82) is 0 Å². The number of hydrogen-bond acceptors (Lipinski definition) is 4. The molecule has 0 N–H and O–H groups in total. The third-order valence-corrected chi connectivity index (χ3v) is 2.66. The Morgan fingerprint density at radius 2 is 1.67 bits per heavy atom. The average molecular weight is 168 g/mol.